The largest absolute Gasteiger partial charge is 0.377 e. The van der Waals surface area contributed by atoms with Crippen molar-refractivity contribution in [2.45, 2.75) is 75.5 Å². The fourth-order valence-electron chi connectivity index (χ4n) is 5.47. The molecule has 2 saturated carbocycles. The predicted molar refractivity (Wildman–Crippen MR) is 127 cm³/mol. The van der Waals surface area contributed by atoms with Crippen molar-refractivity contribution in [2.75, 3.05) is 19.0 Å². The van der Waals surface area contributed by atoms with Crippen molar-refractivity contribution in [1.29, 1.82) is 0 Å². The minimum Gasteiger partial charge on any atom is -0.377 e. The number of hydrogen-bond donors (Lipinski definition) is 0. The molecule has 0 aliphatic heterocycles. The van der Waals surface area contributed by atoms with Gasteiger partial charge in [0.2, 0.25) is 0 Å². The molecule has 0 saturated heterocycles. The Labute approximate surface area is 173 Å². The third kappa shape index (κ3) is 4.30. The van der Waals surface area contributed by atoms with E-state index in [9.17, 15) is 0 Å². The monoisotopic (exact) mass is 393 g/mol. The van der Waals surface area contributed by atoms with E-state index in [1.807, 2.05) is 0 Å². The molecule has 2 aromatic carbocycles. The van der Waals surface area contributed by atoms with Gasteiger partial charge in [-0.25, -0.2) is 0 Å². The van der Waals surface area contributed by atoms with Crippen molar-refractivity contribution in [3.63, 3.8) is 0 Å². The van der Waals surface area contributed by atoms with Crippen molar-refractivity contribution in [3.8, 4) is 11.1 Å². The highest BCUT2D eigenvalue weighted by molar-refractivity contribution is 7.67. The van der Waals surface area contributed by atoms with Crippen LogP contribution in [0, 0.1) is 0 Å². The van der Waals surface area contributed by atoms with Crippen LogP contribution < -0.4 is 10.2 Å². The van der Waals surface area contributed by atoms with Gasteiger partial charge in [-0.2, -0.15) is 0 Å². The van der Waals surface area contributed by atoms with Gasteiger partial charge in [-0.1, -0.05) is 95.0 Å². The first-order valence-electron chi connectivity index (χ1n) is 11.4. The molecule has 0 aromatic heterocycles. The number of benzene rings is 2. The Morgan fingerprint density at radius 2 is 1.25 bits per heavy atom. The molecule has 0 N–H and O–H groups in total. The fourth-order valence-corrected chi connectivity index (χ4v) is 9.52. The second-order valence-corrected chi connectivity index (χ2v) is 11.7. The zero-order chi connectivity index (χ0) is 19.3. The van der Waals surface area contributed by atoms with Crippen molar-refractivity contribution in [2.24, 2.45) is 0 Å². The van der Waals surface area contributed by atoms with E-state index in [0.717, 1.165) is 11.3 Å². The molecule has 2 aliphatic carbocycles. The fraction of sp³-hybridized carbons (Fsp3) is 0.538. The summed E-state index contributed by atoms with van der Waals surface area (Å²) in [5.74, 6) is 0. The van der Waals surface area contributed by atoms with E-state index in [1.165, 1.54) is 81.0 Å². The van der Waals surface area contributed by atoms with Crippen LogP contribution in [0.4, 0.5) is 5.69 Å². The van der Waals surface area contributed by atoms with Crippen molar-refractivity contribution >= 4 is 18.9 Å². The Kier molecular flexibility index (Phi) is 6.73. The summed E-state index contributed by atoms with van der Waals surface area (Å²) >= 11 is 0. The topological polar surface area (TPSA) is 3.24 Å². The van der Waals surface area contributed by atoms with Gasteiger partial charge in [0.25, 0.3) is 0 Å². The van der Waals surface area contributed by atoms with Gasteiger partial charge in [0.1, 0.15) is 0 Å². The molecule has 2 heteroatoms. The highest BCUT2D eigenvalue weighted by Gasteiger charge is 2.34. The Morgan fingerprint density at radius 1 is 0.679 bits per heavy atom. The highest BCUT2D eigenvalue weighted by Crippen LogP contribution is 2.56. The summed E-state index contributed by atoms with van der Waals surface area (Å²) in [4.78, 5) is 2.40. The van der Waals surface area contributed by atoms with Crippen molar-refractivity contribution < 1.29 is 0 Å². The first-order chi connectivity index (χ1) is 13.8. The molecule has 150 valence electrons. The van der Waals surface area contributed by atoms with Crippen LogP contribution >= 0.6 is 7.92 Å². The second kappa shape index (κ2) is 9.45. The second-order valence-electron chi connectivity index (χ2n) is 8.92. The Hall–Kier alpha value is -1.33. The lowest BCUT2D eigenvalue weighted by Gasteiger charge is -2.40. The molecule has 0 unspecified atom stereocenters. The van der Waals surface area contributed by atoms with Crippen LogP contribution in [0.25, 0.3) is 11.1 Å². The van der Waals surface area contributed by atoms with Gasteiger partial charge < -0.3 is 4.90 Å². The summed E-state index contributed by atoms with van der Waals surface area (Å²) in [7, 11) is 4.41. The van der Waals surface area contributed by atoms with E-state index in [1.54, 1.807) is 5.30 Å². The molecule has 0 radical (unpaired) electrons. The SMILES string of the molecule is CN(C)c1c(-c2ccccc2)cccc1P(C1CCCCC1)C1CCCCC1. The third-order valence-corrected chi connectivity index (χ3v) is 10.3. The molecule has 0 heterocycles. The van der Waals surface area contributed by atoms with E-state index in [4.69, 9.17) is 0 Å². The maximum absolute atomic E-state index is 2.50. The molecule has 4 rings (SSSR count). The van der Waals surface area contributed by atoms with Crippen LogP contribution in [0.5, 0.6) is 0 Å². The van der Waals surface area contributed by atoms with Crippen LogP contribution in [0.3, 0.4) is 0 Å². The smallest absolute Gasteiger partial charge is 0.0518 e. The lowest BCUT2D eigenvalue weighted by molar-refractivity contribution is 0.487. The van der Waals surface area contributed by atoms with Crippen LogP contribution in [-0.2, 0) is 0 Å². The summed E-state index contributed by atoms with van der Waals surface area (Å²) in [6.45, 7) is 0. The summed E-state index contributed by atoms with van der Waals surface area (Å²) < 4.78 is 0. The number of para-hydroxylation sites is 1. The number of nitrogens with zero attached hydrogens (tertiary/aromatic N) is 1. The first-order valence-corrected chi connectivity index (χ1v) is 12.9. The lowest BCUT2D eigenvalue weighted by atomic mass is 9.99. The maximum Gasteiger partial charge on any atom is 0.0518 e. The van der Waals surface area contributed by atoms with E-state index < -0.39 is 0 Å². The average molecular weight is 394 g/mol. The zero-order valence-electron chi connectivity index (χ0n) is 17.7. The Bertz CT molecular complexity index is 724. The first kappa shape index (κ1) is 20.0. The minimum absolute atomic E-state index is 0.0936. The van der Waals surface area contributed by atoms with Crippen molar-refractivity contribution in [1.82, 2.24) is 0 Å². The van der Waals surface area contributed by atoms with Gasteiger partial charge in [0, 0.05) is 25.0 Å². The lowest BCUT2D eigenvalue weighted by Crippen LogP contribution is -2.29. The summed E-state index contributed by atoms with van der Waals surface area (Å²) in [5, 5.41) is 1.69. The summed E-state index contributed by atoms with van der Waals surface area (Å²) in [5.41, 5.74) is 6.15. The highest BCUT2D eigenvalue weighted by atomic mass is 31.1. The minimum atomic E-state index is -0.0936. The van der Waals surface area contributed by atoms with Crippen molar-refractivity contribution in [3.05, 3.63) is 48.5 Å². The van der Waals surface area contributed by atoms with Crippen LogP contribution in [0.1, 0.15) is 64.2 Å². The molecule has 28 heavy (non-hydrogen) atoms. The van der Waals surface area contributed by atoms with Gasteiger partial charge in [0.15, 0.2) is 0 Å². The number of rotatable bonds is 5. The van der Waals surface area contributed by atoms with Gasteiger partial charge in [-0.15, -0.1) is 0 Å². The predicted octanol–water partition coefficient (Wildman–Crippen LogP) is 7.19. The normalized spacial score (nSPS) is 19.1. The van der Waals surface area contributed by atoms with E-state index in [0.29, 0.717) is 0 Å². The Balaban J connectivity index is 1.80. The molecule has 2 fully saturated rings. The molecule has 0 atom stereocenters. The quantitative estimate of drug-likeness (QED) is 0.486. The van der Waals surface area contributed by atoms with E-state index >= 15 is 0 Å². The molecule has 0 bridgehead atoms. The number of hydrogen-bond acceptors (Lipinski definition) is 1. The number of anilines is 1. The maximum atomic E-state index is 2.50. The molecular formula is C26H36NP. The van der Waals surface area contributed by atoms with E-state index in [2.05, 4.69) is 67.5 Å². The zero-order valence-corrected chi connectivity index (χ0v) is 18.6. The molecule has 0 amide bonds. The molecule has 1 nitrogen and oxygen atoms in total. The van der Waals surface area contributed by atoms with Crippen LogP contribution in [-0.4, -0.2) is 25.4 Å². The molecule has 2 aromatic rings. The van der Waals surface area contributed by atoms with Crippen LogP contribution in [0.2, 0.25) is 0 Å². The van der Waals surface area contributed by atoms with Gasteiger partial charge in [0.05, 0.1) is 5.69 Å². The van der Waals surface area contributed by atoms with E-state index in [-0.39, 0.29) is 7.92 Å². The average Bonchev–Trinajstić information content (AvgIpc) is 2.76. The van der Waals surface area contributed by atoms with Crippen LogP contribution in [0.15, 0.2) is 48.5 Å². The molecule has 2 aliphatic rings. The van der Waals surface area contributed by atoms with Gasteiger partial charge >= 0.3 is 0 Å². The molecule has 0 spiro atoms. The summed E-state index contributed by atoms with van der Waals surface area (Å²) in [6.07, 6.45) is 14.6. The summed E-state index contributed by atoms with van der Waals surface area (Å²) in [6, 6.07) is 18.2. The standard InChI is InChI=1S/C26H36NP/c1-27(2)26-24(21-13-6-3-7-14-21)19-12-20-25(26)28(22-15-8-4-9-16-22)23-17-10-5-11-18-23/h3,6-7,12-14,19-20,22-23H,4-5,8-11,15-18H2,1-2H3. The van der Waals surface area contributed by atoms with Gasteiger partial charge in [-0.05, 0) is 42.6 Å². The third-order valence-electron chi connectivity index (χ3n) is 6.76. The van der Waals surface area contributed by atoms with Gasteiger partial charge in [-0.3, -0.25) is 0 Å². The Morgan fingerprint density at radius 3 is 1.79 bits per heavy atom. The molecular weight excluding hydrogens is 357 g/mol.